The van der Waals surface area contributed by atoms with Crippen LogP contribution in [0.3, 0.4) is 0 Å². The second kappa shape index (κ2) is 13.7. The number of hydrogen-bond acceptors (Lipinski definition) is 3. The Kier molecular flexibility index (Phi) is 8.08. The third kappa shape index (κ3) is 5.88. The fourth-order valence-corrected chi connectivity index (χ4v) is 10.4. The van der Waals surface area contributed by atoms with Crippen molar-refractivity contribution < 1.29 is 0 Å². The zero-order chi connectivity index (χ0) is 37.0. The van der Waals surface area contributed by atoms with Gasteiger partial charge in [-0.15, -0.1) is 0 Å². The molecule has 0 saturated carbocycles. The van der Waals surface area contributed by atoms with Crippen molar-refractivity contribution in [3.05, 3.63) is 200 Å². The van der Waals surface area contributed by atoms with Crippen LogP contribution in [0.1, 0.15) is 0 Å². The Morgan fingerprint density at radius 1 is 0.250 bits per heavy atom. The van der Waals surface area contributed by atoms with Gasteiger partial charge < -0.3 is 0 Å². The van der Waals surface area contributed by atoms with Gasteiger partial charge in [-0.3, -0.25) is 0 Å². The first kappa shape index (κ1) is 33.0. The lowest BCUT2D eigenvalue weighted by Gasteiger charge is -2.18. The summed E-state index contributed by atoms with van der Waals surface area (Å²) in [7, 11) is 0. The molecule has 0 radical (unpaired) electrons. The number of benzene rings is 9. The average molecular weight is 748 g/mol. The van der Waals surface area contributed by atoms with Crippen molar-refractivity contribution in [2.75, 3.05) is 0 Å². The maximum atomic E-state index is 4.64. The molecule has 0 amide bonds. The molecule has 1 aliphatic heterocycles. The Morgan fingerprint density at radius 3 is 1.36 bits per heavy atom. The summed E-state index contributed by atoms with van der Waals surface area (Å²) in [6.45, 7) is 0. The van der Waals surface area contributed by atoms with E-state index in [4.69, 9.17) is 0 Å². The molecule has 9 aromatic carbocycles. The van der Waals surface area contributed by atoms with Crippen LogP contribution in [0.4, 0.5) is 0 Å². The predicted molar refractivity (Wildman–Crippen MR) is 239 cm³/mol. The van der Waals surface area contributed by atoms with E-state index in [1.54, 1.807) is 23.5 Å². The van der Waals surface area contributed by atoms with Gasteiger partial charge in [-0.25, -0.2) is 4.98 Å². The van der Waals surface area contributed by atoms with E-state index >= 15 is 0 Å². The molecule has 56 heavy (non-hydrogen) atoms. The zero-order valence-corrected chi connectivity index (χ0v) is 31.9. The minimum atomic E-state index is 1.08. The highest BCUT2D eigenvalue weighted by molar-refractivity contribution is 8.05. The summed E-state index contributed by atoms with van der Waals surface area (Å²) in [4.78, 5) is 8.40. The quantitative estimate of drug-likeness (QED) is 0.163. The van der Waals surface area contributed by atoms with E-state index in [0.717, 1.165) is 5.03 Å². The van der Waals surface area contributed by atoms with Crippen molar-refractivity contribution in [3.63, 3.8) is 0 Å². The van der Waals surface area contributed by atoms with Gasteiger partial charge in [0.1, 0.15) is 5.03 Å². The monoisotopic (exact) mass is 747 g/mol. The summed E-state index contributed by atoms with van der Waals surface area (Å²) >= 11 is 3.56. The zero-order valence-electron chi connectivity index (χ0n) is 30.3. The highest BCUT2D eigenvalue weighted by Crippen LogP contribution is 2.48. The van der Waals surface area contributed by atoms with Gasteiger partial charge in [-0.2, -0.15) is 0 Å². The fraction of sp³-hybridized carbons (Fsp3) is 0. The summed E-state index contributed by atoms with van der Waals surface area (Å²) in [5, 5.41) is 8.83. The molecule has 0 unspecified atom stereocenters. The Labute approximate surface area is 334 Å². The first-order chi connectivity index (χ1) is 27.7. The summed E-state index contributed by atoms with van der Waals surface area (Å²) < 4.78 is 0. The van der Waals surface area contributed by atoms with E-state index in [0.29, 0.717) is 0 Å². The summed E-state index contributed by atoms with van der Waals surface area (Å²) in [5.74, 6) is 0. The Hall–Kier alpha value is -6.39. The average Bonchev–Trinajstić information content (AvgIpc) is 3.28. The van der Waals surface area contributed by atoms with Crippen molar-refractivity contribution >= 4 is 55.8 Å². The standard InChI is InChI=1S/C53H33NS2/c1-2-11-34(12-3-1)41-29-42(31-43(30-41)38-16-9-14-36(28-38)40-23-25-50-52(33-40)56-53-51(55-50)21-10-26-54-53)37-15-8-13-35(27-37)39-22-24-48-46-19-5-4-17-44(46)45-18-6-7-20-47(45)49(48)32-39/h1-33H. The molecule has 262 valence electrons. The van der Waals surface area contributed by atoms with Crippen molar-refractivity contribution in [3.8, 4) is 55.6 Å². The number of pyridine rings is 1. The molecule has 1 aromatic heterocycles. The van der Waals surface area contributed by atoms with Crippen molar-refractivity contribution in [1.82, 2.24) is 4.98 Å². The molecule has 3 heteroatoms. The molecular weight excluding hydrogens is 715 g/mol. The molecule has 1 nitrogen and oxygen atoms in total. The van der Waals surface area contributed by atoms with Crippen LogP contribution in [0.2, 0.25) is 0 Å². The molecule has 0 fully saturated rings. The molecule has 0 bridgehead atoms. The summed E-state index contributed by atoms with van der Waals surface area (Å²) in [5.41, 5.74) is 12.0. The third-order valence-electron chi connectivity index (χ3n) is 10.9. The predicted octanol–water partition coefficient (Wildman–Crippen LogP) is 15.5. The lowest BCUT2D eigenvalue weighted by atomic mass is 9.90. The molecule has 11 rings (SSSR count). The molecule has 0 spiro atoms. The smallest absolute Gasteiger partial charge is 0.115 e. The van der Waals surface area contributed by atoms with Crippen LogP contribution in [0, 0.1) is 0 Å². The first-order valence-electron chi connectivity index (χ1n) is 18.9. The molecule has 10 aromatic rings. The molecule has 1 aliphatic rings. The van der Waals surface area contributed by atoms with Crippen LogP contribution in [0.5, 0.6) is 0 Å². The van der Waals surface area contributed by atoms with Gasteiger partial charge in [0.05, 0.1) is 0 Å². The first-order valence-corrected chi connectivity index (χ1v) is 20.6. The maximum Gasteiger partial charge on any atom is 0.115 e. The van der Waals surface area contributed by atoms with Crippen LogP contribution in [-0.2, 0) is 0 Å². The second-order valence-corrected chi connectivity index (χ2v) is 16.5. The van der Waals surface area contributed by atoms with Crippen LogP contribution < -0.4 is 0 Å². The van der Waals surface area contributed by atoms with E-state index in [-0.39, 0.29) is 0 Å². The van der Waals surface area contributed by atoms with Crippen molar-refractivity contribution in [2.45, 2.75) is 19.7 Å². The van der Waals surface area contributed by atoms with Crippen molar-refractivity contribution in [2.24, 2.45) is 0 Å². The molecule has 2 heterocycles. The van der Waals surface area contributed by atoms with E-state index in [1.807, 2.05) is 12.3 Å². The fourth-order valence-electron chi connectivity index (χ4n) is 8.21. The number of rotatable bonds is 5. The van der Waals surface area contributed by atoms with Gasteiger partial charge in [-0.1, -0.05) is 157 Å². The SMILES string of the molecule is c1ccc(-c2cc(-c3cccc(-c4ccc5c(c4)Sc4ncccc4S5)c3)cc(-c3cccc(-c4ccc5c6ccccc6c6ccccc6c5c4)c3)c2)cc1. The van der Waals surface area contributed by atoms with Crippen LogP contribution in [-0.4, -0.2) is 4.98 Å². The van der Waals surface area contributed by atoms with E-state index < -0.39 is 0 Å². The van der Waals surface area contributed by atoms with Crippen LogP contribution >= 0.6 is 23.5 Å². The van der Waals surface area contributed by atoms with E-state index in [9.17, 15) is 0 Å². The number of aromatic nitrogens is 1. The molecule has 0 aliphatic carbocycles. The Balaban J connectivity index is 1.00. The van der Waals surface area contributed by atoms with Gasteiger partial charge in [0.15, 0.2) is 0 Å². The minimum absolute atomic E-state index is 1.08. The lowest BCUT2D eigenvalue weighted by Crippen LogP contribution is -1.92. The molecule has 0 N–H and O–H groups in total. The highest BCUT2D eigenvalue weighted by atomic mass is 32.2. The normalized spacial score (nSPS) is 12.1. The van der Waals surface area contributed by atoms with Gasteiger partial charge >= 0.3 is 0 Å². The lowest BCUT2D eigenvalue weighted by molar-refractivity contribution is 1.01. The number of fused-ring (bicyclic) bond motifs is 8. The second-order valence-electron chi connectivity index (χ2n) is 14.4. The van der Waals surface area contributed by atoms with Gasteiger partial charge in [0.25, 0.3) is 0 Å². The van der Waals surface area contributed by atoms with Gasteiger partial charge in [-0.05, 0) is 149 Å². The number of nitrogens with zero attached hydrogens (tertiary/aromatic N) is 1. The highest BCUT2D eigenvalue weighted by Gasteiger charge is 2.19. The van der Waals surface area contributed by atoms with E-state index in [1.165, 1.54) is 103 Å². The molecular formula is C53H33NS2. The van der Waals surface area contributed by atoms with E-state index in [2.05, 4.69) is 193 Å². The summed E-state index contributed by atoms with van der Waals surface area (Å²) in [6.07, 6.45) is 1.88. The maximum absolute atomic E-state index is 4.64. The molecule has 0 saturated heterocycles. The van der Waals surface area contributed by atoms with Crippen molar-refractivity contribution in [1.29, 1.82) is 0 Å². The Bertz CT molecular complexity index is 3110. The topological polar surface area (TPSA) is 12.9 Å². The van der Waals surface area contributed by atoms with Gasteiger partial charge in [0.2, 0.25) is 0 Å². The largest absolute Gasteiger partial charge is 0.248 e. The third-order valence-corrected chi connectivity index (χ3v) is 13.4. The van der Waals surface area contributed by atoms with Gasteiger partial charge in [0, 0.05) is 20.9 Å². The Morgan fingerprint density at radius 2 is 0.714 bits per heavy atom. The van der Waals surface area contributed by atoms with Crippen LogP contribution in [0.15, 0.2) is 220 Å². The molecule has 0 atom stereocenters. The number of hydrogen-bond donors (Lipinski definition) is 0. The summed E-state index contributed by atoms with van der Waals surface area (Å²) in [6, 6.07) is 71.3. The van der Waals surface area contributed by atoms with Crippen LogP contribution in [0.25, 0.3) is 88.0 Å². The minimum Gasteiger partial charge on any atom is -0.248 e.